The first-order chi connectivity index (χ1) is 16.3. The summed E-state index contributed by atoms with van der Waals surface area (Å²) in [5, 5.41) is 2.63. The zero-order valence-electron chi connectivity index (χ0n) is 18.8. The fraction of sp³-hybridized carbons (Fsp3) is 0.478. The minimum Gasteiger partial charge on any atom is -0.379 e. The lowest BCUT2D eigenvalue weighted by molar-refractivity contribution is -0.137. The van der Waals surface area contributed by atoms with E-state index in [1.165, 1.54) is 30.7 Å². The third-order valence-electron chi connectivity index (χ3n) is 5.43. The summed E-state index contributed by atoms with van der Waals surface area (Å²) in [4.78, 5) is 37.1. The van der Waals surface area contributed by atoms with Crippen molar-refractivity contribution in [2.75, 3.05) is 45.9 Å². The maximum absolute atomic E-state index is 12.9. The van der Waals surface area contributed by atoms with Crippen molar-refractivity contribution in [3.05, 3.63) is 59.7 Å². The Kier molecular flexibility index (Phi) is 9.34. The number of rotatable bonds is 10. The summed E-state index contributed by atoms with van der Waals surface area (Å²) < 4.78 is 44.0. The number of hydrogen-bond donors (Lipinski definition) is 1. The van der Waals surface area contributed by atoms with Crippen molar-refractivity contribution in [2.24, 2.45) is 0 Å². The van der Waals surface area contributed by atoms with Gasteiger partial charge in [-0.1, -0.05) is 12.1 Å². The van der Waals surface area contributed by atoms with Crippen LogP contribution in [0.25, 0.3) is 0 Å². The molecule has 0 atom stereocenters. The minimum absolute atomic E-state index is 0.0164. The van der Waals surface area contributed by atoms with Crippen LogP contribution in [0.4, 0.5) is 13.2 Å². The Morgan fingerprint density at radius 1 is 1.15 bits per heavy atom. The van der Waals surface area contributed by atoms with Crippen LogP contribution in [-0.2, 0) is 22.3 Å². The van der Waals surface area contributed by atoms with Gasteiger partial charge in [0.05, 0.1) is 25.0 Å². The second-order valence-electron chi connectivity index (χ2n) is 7.92. The molecular formula is C23H28F3N5O3. The molecule has 184 valence electrons. The van der Waals surface area contributed by atoms with Crippen molar-refractivity contribution in [2.45, 2.75) is 25.6 Å². The molecule has 1 fully saturated rings. The van der Waals surface area contributed by atoms with E-state index in [4.69, 9.17) is 4.74 Å². The predicted octanol–water partition coefficient (Wildman–Crippen LogP) is 2.37. The van der Waals surface area contributed by atoms with E-state index >= 15 is 0 Å². The van der Waals surface area contributed by atoms with E-state index in [2.05, 4.69) is 20.2 Å². The Balaban J connectivity index is 1.52. The quantitative estimate of drug-likeness (QED) is 0.563. The molecule has 0 unspecified atom stereocenters. The van der Waals surface area contributed by atoms with E-state index in [-0.39, 0.29) is 37.0 Å². The van der Waals surface area contributed by atoms with Gasteiger partial charge in [-0.15, -0.1) is 0 Å². The van der Waals surface area contributed by atoms with Crippen LogP contribution >= 0.6 is 0 Å². The number of amides is 2. The molecule has 1 saturated heterocycles. The molecule has 11 heteroatoms. The second-order valence-corrected chi connectivity index (χ2v) is 7.92. The molecule has 0 saturated carbocycles. The van der Waals surface area contributed by atoms with E-state index in [1.807, 2.05) is 0 Å². The third-order valence-corrected chi connectivity index (χ3v) is 5.43. The first-order valence-corrected chi connectivity index (χ1v) is 11.1. The summed E-state index contributed by atoms with van der Waals surface area (Å²) in [7, 11) is 0. The Labute approximate surface area is 196 Å². The highest BCUT2D eigenvalue weighted by Gasteiger charge is 2.30. The summed E-state index contributed by atoms with van der Waals surface area (Å²) in [5.74, 6) is -0.678. The van der Waals surface area contributed by atoms with Gasteiger partial charge in [0.1, 0.15) is 5.69 Å². The highest BCUT2D eigenvalue weighted by atomic mass is 19.4. The molecule has 1 aliphatic heterocycles. The molecule has 0 aliphatic carbocycles. The van der Waals surface area contributed by atoms with Crippen LogP contribution < -0.4 is 5.32 Å². The number of nitrogens with zero attached hydrogens (tertiary/aromatic N) is 4. The molecule has 0 spiro atoms. The molecule has 34 heavy (non-hydrogen) atoms. The van der Waals surface area contributed by atoms with Crippen LogP contribution in [0.3, 0.4) is 0 Å². The van der Waals surface area contributed by atoms with E-state index in [9.17, 15) is 22.8 Å². The number of alkyl halides is 3. The van der Waals surface area contributed by atoms with Crippen molar-refractivity contribution in [1.82, 2.24) is 25.1 Å². The molecule has 1 aromatic carbocycles. The lowest BCUT2D eigenvalue weighted by Gasteiger charge is -2.28. The first kappa shape index (κ1) is 25.6. The van der Waals surface area contributed by atoms with Gasteiger partial charge in [0.25, 0.3) is 5.91 Å². The molecule has 0 radical (unpaired) electrons. The molecule has 1 aliphatic rings. The highest BCUT2D eigenvalue weighted by molar-refractivity contribution is 5.92. The van der Waals surface area contributed by atoms with E-state index in [0.717, 1.165) is 38.2 Å². The summed E-state index contributed by atoms with van der Waals surface area (Å²) >= 11 is 0. The molecular weight excluding hydrogens is 451 g/mol. The fourth-order valence-corrected chi connectivity index (χ4v) is 3.58. The Bertz CT molecular complexity index is 937. The van der Waals surface area contributed by atoms with Gasteiger partial charge in [0, 0.05) is 58.1 Å². The van der Waals surface area contributed by atoms with Gasteiger partial charge in [-0.3, -0.25) is 19.5 Å². The number of ether oxygens (including phenoxy) is 1. The van der Waals surface area contributed by atoms with Crippen molar-refractivity contribution >= 4 is 11.8 Å². The molecule has 2 amide bonds. The molecule has 0 bridgehead atoms. The molecule has 1 aromatic heterocycles. The Morgan fingerprint density at radius 2 is 1.94 bits per heavy atom. The summed E-state index contributed by atoms with van der Waals surface area (Å²) in [6, 6.07) is 4.82. The van der Waals surface area contributed by atoms with Crippen LogP contribution in [0.1, 0.15) is 34.5 Å². The monoisotopic (exact) mass is 479 g/mol. The Hall–Kier alpha value is -3.05. The molecule has 1 N–H and O–H groups in total. The van der Waals surface area contributed by atoms with Gasteiger partial charge in [-0.25, -0.2) is 4.98 Å². The largest absolute Gasteiger partial charge is 0.416 e. The van der Waals surface area contributed by atoms with Gasteiger partial charge in [-0.05, 0) is 24.1 Å². The number of morpholine rings is 1. The smallest absolute Gasteiger partial charge is 0.379 e. The number of carbonyl (C=O) groups is 2. The molecule has 2 heterocycles. The third kappa shape index (κ3) is 8.07. The number of halogens is 3. The average Bonchev–Trinajstić information content (AvgIpc) is 2.85. The maximum Gasteiger partial charge on any atom is 0.416 e. The zero-order valence-corrected chi connectivity index (χ0v) is 18.8. The summed E-state index contributed by atoms with van der Waals surface area (Å²) in [6.45, 7) is 4.43. The maximum atomic E-state index is 12.9. The summed E-state index contributed by atoms with van der Waals surface area (Å²) in [5.41, 5.74) is -0.223. The van der Waals surface area contributed by atoms with Crippen LogP contribution in [-0.4, -0.2) is 77.5 Å². The van der Waals surface area contributed by atoms with E-state index < -0.39 is 11.7 Å². The van der Waals surface area contributed by atoms with Gasteiger partial charge in [0.15, 0.2) is 0 Å². The van der Waals surface area contributed by atoms with E-state index in [0.29, 0.717) is 25.3 Å². The molecule has 3 rings (SSSR count). The van der Waals surface area contributed by atoms with Gasteiger partial charge in [0.2, 0.25) is 5.91 Å². The Morgan fingerprint density at radius 3 is 2.65 bits per heavy atom. The normalized spacial score (nSPS) is 14.6. The van der Waals surface area contributed by atoms with Crippen molar-refractivity contribution in [1.29, 1.82) is 0 Å². The lowest BCUT2D eigenvalue weighted by atomic mass is 10.1. The fourth-order valence-electron chi connectivity index (χ4n) is 3.58. The van der Waals surface area contributed by atoms with Crippen LogP contribution in [0.15, 0.2) is 42.9 Å². The number of benzene rings is 1. The molecule has 8 nitrogen and oxygen atoms in total. The number of carbonyl (C=O) groups excluding carboxylic acids is 2. The van der Waals surface area contributed by atoms with Gasteiger partial charge < -0.3 is 15.0 Å². The first-order valence-electron chi connectivity index (χ1n) is 11.1. The van der Waals surface area contributed by atoms with Gasteiger partial charge in [-0.2, -0.15) is 13.2 Å². The minimum atomic E-state index is -4.44. The highest BCUT2D eigenvalue weighted by Crippen LogP contribution is 2.29. The average molecular weight is 480 g/mol. The lowest BCUT2D eigenvalue weighted by Crippen LogP contribution is -2.40. The van der Waals surface area contributed by atoms with Crippen molar-refractivity contribution in [3.63, 3.8) is 0 Å². The van der Waals surface area contributed by atoms with Crippen LogP contribution in [0.5, 0.6) is 0 Å². The topological polar surface area (TPSA) is 87.7 Å². The number of nitrogens with one attached hydrogen (secondary N) is 1. The number of aromatic nitrogens is 2. The molecule has 2 aromatic rings. The van der Waals surface area contributed by atoms with Gasteiger partial charge >= 0.3 is 6.18 Å². The summed E-state index contributed by atoms with van der Waals surface area (Å²) in [6.07, 6.45) is 0.579. The predicted molar refractivity (Wildman–Crippen MR) is 118 cm³/mol. The number of hydrogen-bond acceptors (Lipinski definition) is 6. The standard InChI is InChI=1S/C23H28F3N5O3/c24-23(25,26)19-4-1-3-18(15-19)16-29-21(32)5-10-31(22(33)20-17-27-6-7-28-20)9-2-8-30-11-13-34-14-12-30/h1,3-4,6-7,15,17H,2,5,8-14,16H2,(H,29,32). The zero-order chi connectivity index (χ0) is 24.4. The van der Waals surface area contributed by atoms with Crippen LogP contribution in [0, 0.1) is 0 Å². The second kappa shape index (κ2) is 12.4. The van der Waals surface area contributed by atoms with Crippen molar-refractivity contribution in [3.8, 4) is 0 Å². The SMILES string of the molecule is O=C(CCN(CCCN1CCOCC1)C(=O)c1cnccn1)NCc1cccc(C(F)(F)F)c1. The van der Waals surface area contributed by atoms with Crippen molar-refractivity contribution < 1.29 is 27.5 Å². The van der Waals surface area contributed by atoms with Crippen LogP contribution in [0.2, 0.25) is 0 Å². The van der Waals surface area contributed by atoms with E-state index in [1.54, 1.807) is 4.90 Å².